The van der Waals surface area contributed by atoms with E-state index in [1.807, 2.05) is 0 Å². The molecule has 0 atom stereocenters. The number of amides is 1. The average Bonchev–Trinajstić information content (AvgIpc) is 2.77. The van der Waals surface area contributed by atoms with Gasteiger partial charge < -0.3 is 10.3 Å². The Morgan fingerprint density at radius 2 is 2.00 bits per heavy atom. The molecule has 0 saturated carbocycles. The Bertz CT molecular complexity index is 752. The van der Waals surface area contributed by atoms with Gasteiger partial charge in [0, 0.05) is 27.1 Å². The summed E-state index contributed by atoms with van der Waals surface area (Å²) in [7, 11) is 2.98. The van der Waals surface area contributed by atoms with E-state index in [0.29, 0.717) is 24.1 Å². The number of carbonyl (C=O) groups is 1. The fourth-order valence-electron chi connectivity index (χ4n) is 1.99. The molecule has 19 heavy (non-hydrogen) atoms. The monoisotopic (exact) mass is 265 g/mol. The molecular formula is C11H15N5O3. The summed E-state index contributed by atoms with van der Waals surface area (Å²) in [5.74, 6) is -0.385. The Labute approximate surface area is 108 Å². The molecule has 0 fully saturated rings. The van der Waals surface area contributed by atoms with Crippen LogP contribution >= 0.6 is 0 Å². The fourth-order valence-corrected chi connectivity index (χ4v) is 1.99. The van der Waals surface area contributed by atoms with E-state index in [4.69, 9.17) is 5.73 Å². The van der Waals surface area contributed by atoms with E-state index in [2.05, 4.69) is 4.98 Å². The van der Waals surface area contributed by atoms with E-state index >= 15 is 0 Å². The minimum absolute atomic E-state index is 0.242. The third kappa shape index (κ3) is 2.16. The van der Waals surface area contributed by atoms with Gasteiger partial charge in [-0.3, -0.25) is 18.7 Å². The highest BCUT2D eigenvalue weighted by atomic mass is 16.2. The summed E-state index contributed by atoms with van der Waals surface area (Å²) in [6.45, 7) is 0.451. The topological polar surface area (TPSA) is 105 Å². The number of carbonyl (C=O) groups excluding carboxylic acids is 1. The molecule has 2 heterocycles. The normalized spacial score (nSPS) is 11.1. The maximum atomic E-state index is 12.1. The van der Waals surface area contributed by atoms with Gasteiger partial charge in [-0.25, -0.2) is 9.78 Å². The summed E-state index contributed by atoms with van der Waals surface area (Å²) in [5.41, 5.74) is 4.95. The second kappa shape index (κ2) is 4.71. The van der Waals surface area contributed by atoms with Crippen LogP contribution in [0.3, 0.4) is 0 Å². The van der Waals surface area contributed by atoms with Gasteiger partial charge in [0.05, 0.1) is 6.33 Å². The van der Waals surface area contributed by atoms with Gasteiger partial charge in [-0.2, -0.15) is 0 Å². The SMILES string of the molecule is Cn1c(=O)c2c(ncn2CCCC(N)=O)n(C)c1=O. The molecule has 8 nitrogen and oxygen atoms in total. The van der Waals surface area contributed by atoms with Gasteiger partial charge >= 0.3 is 5.69 Å². The lowest BCUT2D eigenvalue weighted by Gasteiger charge is -2.05. The molecule has 0 bridgehead atoms. The first-order chi connectivity index (χ1) is 8.93. The second-order valence-corrected chi connectivity index (χ2v) is 4.39. The summed E-state index contributed by atoms with van der Waals surface area (Å²) >= 11 is 0. The van der Waals surface area contributed by atoms with Crippen molar-refractivity contribution in [2.75, 3.05) is 0 Å². The van der Waals surface area contributed by atoms with Crippen LogP contribution < -0.4 is 17.0 Å². The van der Waals surface area contributed by atoms with Crippen LogP contribution in [0.2, 0.25) is 0 Å². The number of fused-ring (bicyclic) bond motifs is 1. The van der Waals surface area contributed by atoms with Crippen molar-refractivity contribution in [3.63, 3.8) is 0 Å². The summed E-state index contributed by atoms with van der Waals surface area (Å²) < 4.78 is 4.00. The van der Waals surface area contributed by atoms with Gasteiger partial charge in [0.15, 0.2) is 11.2 Å². The molecule has 2 N–H and O–H groups in total. The Morgan fingerprint density at radius 3 is 2.63 bits per heavy atom. The molecule has 0 aliphatic carbocycles. The number of nitrogens with zero attached hydrogens (tertiary/aromatic N) is 4. The van der Waals surface area contributed by atoms with E-state index in [0.717, 1.165) is 4.57 Å². The van der Waals surface area contributed by atoms with Crippen molar-refractivity contribution in [1.29, 1.82) is 0 Å². The van der Waals surface area contributed by atoms with Crippen LogP contribution in [0.15, 0.2) is 15.9 Å². The van der Waals surface area contributed by atoms with Crippen LogP contribution in [0, 0.1) is 0 Å². The predicted molar refractivity (Wildman–Crippen MR) is 68.6 cm³/mol. The Morgan fingerprint density at radius 1 is 1.32 bits per heavy atom. The van der Waals surface area contributed by atoms with Crippen molar-refractivity contribution >= 4 is 17.1 Å². The molecule has 2 aromatic rings. The number of imidazole rings is 1. The standard InChI is InChI=1S/C11H15N5O3/c1-14-9-8(10(18)15(2)11(14)19)16(6-13-9)5-3-4-7(12)17/h6H,3-5H2,1-2H3,(H2,12,17). The van der Waals surface area contributed by atoms with Crippen LogP contribution in [0.5, 0.6) is 0 Å². The third-order valence-corrected chi connectivity index (χ3v) is 3.04. The van der Waals surface area contributed by atoms with E-state index in [1.165, 1.54) is 17.9 Å². The zero-order valence-corrected chi connectivity index (χ0v) is 10.8. The van der Waals surface area contributed by atoms with Gasteiger partial charge in [0.2, 0.25) is 5.91 Å². The molecule has 0 unspecified atom stereocenters. The van der Waals surface area contributed by atoms with Crippen LogP contribution in [-0.2, 0) is 25.4 Å². The van der Waals surface area contributed by atoms with Crippen molar-refractivity contribution in [3.8, 4) is 0 Å². The lowest BCUT2D eigenvalue weighted by atomic mass is 10.3. The molecule has 0 aliphatic heterocycles. The molecule has 0 aromatic carbocycles. The van der Waals surface area contributed by atoms with Crippen LogP contribution in [0.25, 0.3) is 11.2 Å². The molecule has 0 aliphatic rings. The van der Waals surface area contributed by atoms with Gasteiger partial charge in [0.25, 0.3) is 5.56 Å². The highest BCUT2D eigenvalue weighted by Gasteiger charge is 2.13. The maximum absolute atomic E-state index is 12.1. The van der Waals surface area contributed by atoms with Gasteiger partial charge in [-0.1, -0.05) is 0 Å². The molecule has 2 aromatic heterocycles. The number of hydrogen-bond acceptors (Lipinski definition) is 4. The minimum Gasteiger partial charge on any atom is -0.370 e. The van der Waals surface area contributed by atoms with E-state index < -0.39 is 11.2 Å². The minimum atomic E-state index is -0.417. The van der Waals surface area contributed by atoms with E-state index in [1.54, 1.807) is 11.6 Å². The van der Waals surface area contributed by atoms with Gasteiger partial charge in [0.1, 0.15) is 0 Å². The van der Waals surface area contributed by atoms with Crippen molar-refractivity contribution in [3.05, 3.63) is 27.2 Å². The van der Waals surface area contributed by atoms with Crippen molar-refractivity contribution < 1.29 is 4.79 Å². The number of aryl methyl sites for hydroxylation is 2. The van der Waals surface area contributed by atoms with Crippen molar-refractivity contribution in [2.45, 2.75) is 19.4 Å². The van der Waals surface area contributed by atoms with E-state index in [-0.39, 0.29) is 12.3 Å². The number of hydrogen-bond donors (Lipinski definition) is 1. The predicted octanol–water partition coefficient (Wildman–Crippen LogP) is -1.30. The molecule has 102 valence electrons. The first-order valence-corrected chi connectivity index (χ1v) is 5.82. The van der Waals surface area contributed by atoms with Crippen LogP contribution in [-0.4, -0.2) is 24.6 Å². The zero-order chi connectivity index (χ0) is 14.2. The van der Waals surface area contributed by atoms with Gasteiger partial charge in [-0.05, 0) is 6.42 Å². The third-order valence-electron chi connectivity index (χ3n) is 3.04. The highest BCUT2D eigenvalue weighted by Crippen LogP contribution is 2.06. The summed E-state index contributed by atoms with van der Waals surface area (Å²) in [6.07, 6.45) is 2.26. The Hall–Kier alpha value is -2.38. The van der Waals surface area contributed by atoms with Crippen molar-refractivity contribution in [2.24, 2.45) is 19.8 Å². The highest BCUT2D eigenvalue weighted by molar-refractivity contribution is 5.73. The molecule has 0 spiro atoms. The number of nitrogens with two attached hydrogens (primary N) is 1. The molecule has 2 rings (SSSR count). The maximum Gasteiger partial charge on any atom is 0.332 e. The number of primary amides is 1. The smallest absolute Gasteiger partial charge is 0.332 e. The Balaban J connectivity index is 2.51. The molecule has 8 heteroatoms. The first-order valence-electron chi connectivity index (χ1n) is 5.82. The Kier molecular flexibility index (Phi) is 3.24. The quantitative estimate of drug-likeness (QED) is 0.741. The number of aromatic nitrogens is 4. The van der Waals surface area contributed by atoms with Gasteiger partial charge in [-0.15, -0.1) is 0 Å². The summed E-state index contributed by atoms with van der Waals surface area (Å²) in [6, 6.07) is 0. The van der Waals surface area contributed by atoms with Crippen molar-refractivity contribution in [1.82, 2.24) is 18.7 Å². The largest absolute Gasteiger partial charge is 0.370 e. The van der Waals surface area contributed by atoms with Crippen LogP contribution in [0.4, 0.5) is 0 Å². The zero-order valence-electron chi connectivity index (χ0n) is 10.8. The second-order valence-electron chi connectivity index (χ2n) is 4.39. The lowest BCUT2D eigenvalue weighted by Crippen LogP contribution is -2.37. The molecular weight excluding hydrogens is 250 g/mol. The summed E-state index contributed by atoms with van der Waals surface area (Å²) in [5, 5.41) is 0. The average molecular weight is 265 g/mol. The fraction of sp³-hybridized carbons (Fsp3) is 0.455. The lowest BCUT2D eigenvalue weighted by molar-refractivity contribution is -0.118. The van der Waals surface area contributed by atoms with Crippen LogP contribution in [0.1, 0.15) is 12.8 Å². The van der Waals surface area contributed by atoms with E-state index in [9.17, 15) is 14.4 Å². The summed E-state index contributed by atoms with van der Waals surface area (Å²) in [4.78, 5) is 38.6. The first kappa shape index (κ1) is 13.1. The molecule has 0 saturated heterocycles. The molecule has 1 amide bonds. The number of rotatable bonds is 4. The molecule has 0 radical (unpaired) electrons.